The summed E-state index contributed by atoms with van der Waals surface area (Å²) in [5.74, 6) is -0.326. The fourth-order valence-electron chi connectivity index (χ4n) is 1.87. The van der Waals surface area contributed by atoms with Crippen LogP contribution in [0.3, 0.4) is 0 Å². The first-order valence-electron chi connectivity index (χ1n) is 5.90. The van der Waals surface area contributed by atoms with Gasteiger partial charge in [0, 0.05) is 16.8 Å². The Morgan fingerprint density at radius 1 is 1.42 bits per heavy atom. The van der Waals surface area contributed by atoms with Crippen molar-refractivity contribution in [3.05, 3.63) is 34.1 Å². The minimum Gasteiger partial charge on any atom is -0.315 e. The molecule has 1 aromatic carbocycles. The lowest BCUT2D eigenvalue weighted by Gasteiger charge is -2.32. The largest absolute Gasteiger partial charge is 0.315 e. The Morgan fingerprint density at radius 2 is 2.00 bits per heavy atom. The van der Waals surface area contributed by atoms with Crippen LogP contribution < -0.4 is 5.32 Å². The van der Waals surface area contributed by atoms with Crippen molar-refractivity contribution >= 4 is 25.8 Å². The zero-order valence-corrected chi connectivity index (χ0v) is 13.9. The molecule has 6 heteroatoms. The molecule has 0 aromatic heterocycles. The third kappa shape index (κ3) is 3.77. The number of halogens is 2. The first-order chi connectivity index (χ1) is 8.59. The standard InChI is InChI=1S/C13H19BrFNO2S/c1-13(2,19(4,17)18)12(16-3)8-9-7-10(14)5-6-11(9)15/h5-7,12,16H,8H2,1-4H3. The van der Waals surface area contributed by atoms with Crippen molar-refractivity contribution in [1.29, 1.82) is 0 Å². The second-order valence-electron chi connectivity index (χ2n) is 5.16. The zero-order chi connectivity index (χ0) is 14.8. The van der Waals surface area contributed by atoms with E-state index < -0.39 is 14.6 Å². The molecule has 0 spiro atoms. The number of benzene rings is 1. The molecule has 0 aliphatic carbocycles. The SMILES string of the molecule is CNC(Cc1cc(Br)ccc1F)C(C)(C)S(C)(=O)=O. The van der Waals surface area contributed by atoms with Gasteiger partial charge >= 0.3 is 0 Å². The number of nitrogens with one attached hydrogen (secondary N) is 1. The van der Waals surface area contributed by atoms with Crippen LogP contribution in [0.4, 0.5) is 4.39 Å². The van der Waals surface area contributed by atoms with Gasteiger partial charge in [0.2, 0.25) is 0 Å². The number of likely N-dealkylation sites (N-methyl/N-ethyl adjacent to an activating group) is 1. The maximum Gasteiger partial charge on any atom is 0.154 e. The lowest BCUT2D eigenvalue weighted by molar-refractivity contribution is 0.425. The summed E-state index contributed by atoms with van der Waals surface area (Å²) in [4.78, 5) is 0. The fraction of sp³-hybridized carbons (Fsp3) is 0.538. The summed E-state index contributed by atoms with van der Waals surface area (Å²) in [6, 6.07) is 4.30. The molecule has 0 amide bonds. The fourth-order valence-corrected chi connectivity index (χ4v) is 3.00. The summed E-state index contributed by atoms with van der Waals surface area (Å²) in [5.41, 5.74) is 0.491. The summed E-state index contributed by atoms with van der Waals surface area (Å²) < 4.78 is 37.3. The predicted molar refractivity (Wildman–Crippen MR) is 79.6 cm³/mol. The normalized spacial score (nSPS) is 14.4. The minimum atomic E-state index is -3.25. The minimum absolute atomic E-state index is 0.307. The van der Waals surface area contributed by atoms with E-state index in [0.717, 1.165) is 4.47 Å². The highest BCUT2D eigenvalue weighted by molar-refractivity contribution is 9.10. The van der Waals surface area contributed by atoms with E-state index in [1.807, 2.05) is 0 Å². The Labute approximate surface area is 122 Å². The number of hydrogen-bond acceptors (Lipinski definition) is 3. The van der Waals surface area contributed by atoms with Crippen molar-refractivity contribution in [2.75, 3.05) is 13.3 Å². The molecule has 0 bridgehead atoms. The van der Waals surface area contributed by atoms with E-state index in [-0.39, 0.29) is 11.9 Å². The Hall–Kier alpha value is -0.460. The summed E-state index contributed by atoms with van der Waals surface area (Å²) >= 11 is 3.29. The molecule has 0 heterocycles. The second-order valence-corrected chi connectivity index (χ2v) is 8.67. The zero-order valence-electron chi connectivity index (χ0n) is 11.5. The first kappa shape index (κ1) is 16.6. The molecule has 3 nitrogen and oxygen atoms in total. The van der Waals surface area contributed by atoms with Crippen LogP contribution in [0.5, 0.6) is 0 Å². The van der Waals surface area contributed by atoms with Crippen molar-refractivity contribution in [3.63, 3.8) is 0 Å². The quantitative estimate of drug-likeness (QED) is 0.886. The molecule has 1 unspecified atom stereocenters. The Bertz CT molecular complexity index is 558. The van der Waals surface area contributed by atoms with E-state index in [1.165, 1.54) is 12.3 Å². The molecular weight excluding hydrogens is 333 g/mol. The molecule has 1 aromatic rings. The van der Waals surface area contributed by atoms with Gasteiger partial charge in [-0.2, -0.15) is 0 Å². The molecule has 0 radical (unpaired) electrons. The first-order valence-corrected chi connectivity index (χ1v) is 8.59. The summed E-state index contributed by atoms with van der Waals surface area (Å²) in [6.07, 6.45) is 1.51. The van der Waals surface area contributed by atoms with E-state index >= 15 is 0 Å². The third-order valence-electron chi connectivity index (χ3n) is 3.58. The Balaban J connectivity index is 3.10. The van der Waals surface area contributed by atoms with Crippen LogP contribution in [0.25, 0.3) is 0 Å². The molecular formula is C13H19BrFNO2S. The van der Waals surface area contributed by atoms with Gasteiger partial charge in [-0.15, -0.1) is 0 Å². The molecule has 1 atom stereocenters. The number of hydrogen-bond donors (Lipinski definition) is 1. The van der Waals surface area contributed by atoms with E-state index in [1.54, 1.807) is 33.0 Å². The van der Waals surface area contributed by atoms with Crippen LogP contribution in [0.15, 0.2) is 22.7 Å². The lowest BCUT2D eigenvalue weighted by Crippen LogP contribution is -2.51. The van der Waals surface area contributed by atoms with Crippen molar-refractivity contribution in [2.24, 2.45) is 0 Å². The molecule has 0 aliphatic heterocycles. The molecule has 19 heavy (non-hydrogen) atoms. The Kier molecular flexibility index (Phi) is 5.15. The van der Waals surface area contributed by atoms with Crippen LogP contribution in [0.2, 0.25) is 0 Å². The van der Waals surface area contributed by atoms with Crippen LogP contribution in [0.1, 0.15) is 19.4 Å². The highest BCUT2D eigenvalue weighted by atomic mass is 79.9. The van der Waals surface area contributed by atoms with E-state index in [0.29, 0.717) is 12.0 Å². The summed E-state index contributed by atoms with van der Waals surface area (Å²) in [7, 11) is -1.57. The van der Waals surface area contributed by atoms with Gasteiger partial charge in [0.15, 0.2) is 9.84 Å². The van der Waals surface area contributed by atoms with Gasteiger partial charge in [0.1, 0.15) is 5.82 Å². The van der Waals surface area contributed by atoms with E-state index in [9.17, 15) is 12.8 Å². The van der Waals surface area contributed by atoms with Gasteiger partial charge in [-0.3, -0.25) is 0 Å². The van der Waals surface area contributed by atoms with Gasteiger partial charge in [-0.05, 0) is 51.1 Å². The monoisotopic (exact) mass is 351 g/mol. The van der Waals surface area contributed by atoms with Gasteiger partial charge in [0.25, 0.3) is 0 Å². The molecule has 0 saturated heterocycles. The smallest absolute Gasteiger partial charge is 0.154 e. The number of sulfone groups is 1. The second kappa shape index (κ2) is 5.89. The third-order valence-corrected chi connectivity index (χ3v) is 6.26. The molecule has 0 aliphatic rings. The number of rotatable bonds is 5. The van der Waals surface area contributed by atoms with Crippen LogP contribution in [-0.4, -0.2) is 32.5 Å². The van der Waals surface area contributed by atoms with Gasteiger partial charge in [-0.25, -0.2) is 12.8 Å². The van der Waals surface area contributed by atoms with E-state index in [4.69, 9.17) is 0 Å². The van der Waals surface area contributed by atoms with Crippen LogP contribution in [-0.2, 0) is 16.3 Å². The summed E-state index contributed by atoms with van der Waals surface area (Å²) in [6.45, 7) is 3.30. The maximum atomic E-state index is 13.8. The van der Waals surface area contributed by atoms with Gasteiger partial charge < -0.3 is 5.32 Å². The summed E-state index contributed by atoms with van der Waals surface area (Å²) in [5, 5.41) is 2.98. The maximum absolute atomic E-state index is 13.8. The molecule has 1 rings (SSSR count). The molecule has 0 saturated carbocycles. The highest BCUT2D eigenvalue weighted by Gasteiger charge is 2.38. The average molecular weight is 352 g/mol. The van der Waals surface area contributed by atoms with Crippen molar-refractivity contribution in [2.45, 2.75) is 31.1 Å². The van der Waals surface area contributed by atoms with Crippen LogP contribution in [0, 0.1) is 5.82 Å². The van der Waals surface area contributed by atoms with Crippen molar-refractivity contribution in [3.8, 4) is 0 Å². The molecule has 108 valence electrons. The molecule has 0 fully saturated rings. The highest BCUT2D eigenvalue weighted by Crippen LogP contribution is 2.25. The lowest BCUT2D eigenvalue weighted by atomic mass is 9.95. The van der Waals surface area contributed by atoms with Gasteiger partial charge in [-0.1, -0.05) is 15.9 Å². The van der Waals surface area contributed by atoms with Crippen molar-refractivity contribution in [1.82, 2.24) is 5.32 Å². The average Bonchev–Trinajstić information content (AvgIpc) is 2.28. The van der Waals surface area contributed by atoms with E-state index in [2.05, 4.69) is 21.2 Å². The molecule has 1 N–H and O–H groups in total. The van der Waals surface area contributed by atoms with Crippen molar-refractivity contribution < 1.29 is 12.8 Å². The van der Waals surface area contributed by atoms with Crippen LogP contribution >= 0.6 is 15.9 Å². The Morgan fingerprint density at radius 3 is 2.47 bits per heavy atom. The van der Waals surface area contributed by atoms with Gasteiger partial charge in [0.05, 0.1) is 4.75 Å². The predicted octanol–water partition coefficient (Wildman–Crippen LogP) is 2.54. The topological polar surface area (TPSA) is 46.2 Å².